The van der Waals surface area contributed by atoms with Crippen molar-refractivity contribution in [3.05, 3.63) is 42.0 Å². The van der Waals surface area contributed by atoms with E-state index in [-0.39, 0.29) is 11.9 Å². The topological polar surface area (TPSA) is 83.0 Å². The molecular weight excluding hydrogens is 304 g/mol. The van der Waals surface area contributed by atoms with Crippen LogP contribution in [-0.2, 0) is 4.79 Å². The zero-order valence-electron chi connectivity index (χ0n) is 14.0. The Kier molecular flexibility index (Phi) is 5.00. The number of likely N-dealkylation sites (N-methyl/N-ethyl adjacent to an activating group) is 1. The number of carbonyl (C=O) groups is 1. The highest BCUT2D eigenvalue weighted by Crippen LogP contribution is 2.32. The van der Waals surface area contributed by atoms with E-state index in [1.807, 2.05) is 36.1 Å². The molecule has 0 aliphatic carbocycles. The van der Waals surface area contributed by atoms with Crippen LogP contribution in [0.3, 0.4) is 0 Å². The van der Waals surface area contributed by atoms with Gasteiger partial charge in [0.2, 0.25) is 5.91 Å². The highest BCUT2D eigenvalue weighted by atomic mass is 16.2. The summed E-state index contributed by atoms with van der Waals surface area (Å²) in [5, 5.41) is 6.13. The fraction of sp³-hybridized carbons (Fsp3) is 0.412. The van der Waals surface area contributed by atoms with E-state index in [0.717, 1.165) is 30.9 Å². The summed E-state index contributed by atoms with van der Waals surface area (Å²) in [5.41, 5.74) is 0.878. The van der Waals surface area contributed by atoms with E-state index in [1.165, 1.54) is 0 Å². The van der Waals surface area contributed by atoms with Crippen LogP contribution in [0.25, 0.3) is 0 Å². The second-order valence-corrected chi connectivity index (χ2v) is 5.84. The van der Waals surface area contributed by atoms with Crippen molar-refractivity contribution in [2.75, 3.05) is 25.5 Å². The number of amides is 1. The number of anilines is 2. The van der Waals surface area contributed by atoms with Gasteiger partial charge in [-0.3, -0.25) is 4.79 Å². The Morgan fingerprint density at radius 1 is 1.33 bits per heavy atom. The van der Waals surface area contributed by atoms with Crippen molar-refractivity contribution in [1.82, 2.24) is 25.2 Å². The van der Waals surface area contributed by atoms with Crippen LogP contribution >= 0.6 is 0 Å². The van der Waals surface area contributed by atoms with Gasteiger partial charge in [0.15, 0.2) is 0 Å². The maximum absolute atomic E-state index is 12.3. The van der Waals surface area contributed by atoms with Crippen LogP contribution < -0.4 is 10.6 Å². The number of carbonyl (C=O) groups excluding carboxylic acids is 1. The molecule has 1 amide bonds. The summed E-state index contributed by atoms with van der Waals surface area (Å²) in [6.45, 7) is 2.98. The number of aryl methyl sites for hydroxylation is 1. The predicted molar refractivity (Wildman–Crippen MR) is 91.9 cm³/mol. The van der Waals surface area contributed by atoms with Gasteiger partial charge in [-0.25, -0.2) is 15.0 Å². The number of pyridine rings is 1. The lowest BCUT2D eigenvalue weighted by Crippen LogP contribution is -2.37. The minimum Gasteiger partial charge on any atom is -0.333 e. The molecule has 24 heavy (non-hydrogen) atoms. The zero-order chi connectivity index (χ0) is 16.9. The molecule has 0 aromatic carbocycles. The second-order valence-electron chi connectivity index (χ2n) is 5.84. The third kappa shape index (κ3) is 3.68. The highest BCUT2D eigenvalue weighted by Gasteiger charge is 2.30. The SMILES string of the molecule is CNCC(=O)N1CCCC1c1cc(Nc2ccccn2)nc(C)n1. The maximum atomic E-state index is 12.3. The first kappa shape index (κ1) is 16.3. The molecule has 1 aliphatic heterocycles. The molecule has 0 spiro atoms. The molecule has 2 aromatic heterocycles. The van der Waals surface area contributed by atoms with Crippen molar-refractivity contribution in [1.29, 1.82) is 0 Å². The minimum atomic E-state index is 0.0110. The van der Waals surface area contributed by atoms with Crippen molar-refractivity contribution < 1.29 is 4.79 Å². The maximum Gasteiger partial charge on any atom is 0.237 e. The van der Waals surface area contributed by atoms with E-state index in [4.69, 9.17) is 0 Å². The number of hydrogen-bond acceptors (Lipinski definition) is 6. The Labute approximate surface area is 141 Å². The number of nitrogens with zero attached hydrogens (tertiary/aromatic N) is 4. The molecule has 2 aromatic rings. The van der Waals surface area contributed by atoms with Gasteiger partial charge in [-0.05, 0) is 38.9 Å². The van der Waals surface area contributed by atoms with Gasteiger partial charge in [-0.2, -0.15) is 0 Å². The Morgan fingerprint density at radius 3 is 2.96 bits per heavy atom. The summed E-state index contributed by atoms with van der Waals surface area (Å²) in [4.78, 5) is 27.4. The van der Waals surface area contributed by atoms with Crippen LogP contribution in [-0.4, -0.2) is 45.9 Å². The molecular formula is C17H22N6O. The fourth-order valence-corrected chi connectivity index (χ4v) is 3.02. The summed E-state index contributed by atoms with van der Waals surface area (Å²) >= 11 is 0. The average Bonchev–Trinajstić information content (AvgIpc) is 3.05. The van der Waals surface area contributed by atoms with Crippen molar-refractivity contribution in [3.63, 3.8) is 0 Å². The van der Waals surface area contributed by atoms with Gasteiger partial charge < -0.3 is 15.5 Å². The second kappa shape index (κ2) is 7.35. The molecule has 1 saturated heterocycles. The molecule has 1 unspecified atom stereocenters. The van der Waals surface area contributed by atoms with Crippen molar-refractivity contribution in [2.24, 2.45) is 0 Å². The fourth-order valence-electron chi connectivity index (χ4n) is 3.02. The summed E-state index contributed by atoms with van der Waals surface area (Å²) in [5.74, 6) is 2.22. The van der Waals surface area contributed by atoms with Gasteiger partial charge in [-0.15, -0.1) is 0 Å². The van der Waals surface area contributed by atoms with Crippen molar-refractivity contribution in [3.8, 4) is 0 Å². The summed E-state index contributed by atoms with van der Waals surface area (Å²) in [7, 11) is 1.78. The van der Waals surface area contributed by atoms with Gasteiger partial charge >= 0.3 is 0 Å². The number of rotatable bonds is 5. The number of hydrogen-bond donors (Lipinski definition) is 2. The number of nitrogens with one attached hydrogen (secondary N) is 2. The van der Waals surface area contributed by atoms with Gasteiger partial charge in [0.1, 0.15) is 17.5 Å². The first-order valence-electron chi connectivity index (χ1n) is 8.15. The standard InChI is InChI=1S/C17H22N6O/c1-12-20-13(14-6-5-9-23(14)17(24)11-18-2)10-16(21-12)22-15-7-3-4-8-19-15/h3-4,7-8,10,14,18H,5-6,9,11H2,1-2H3,(H,19,20,21,22). The van der Waals surface area contributed by atoms with E-state index in [1.54, 1.807) is 13.2 Å². The smallest absolute Gasteiger partial charge is 0.237 e. The van der Waals surface area contributed by atoms with Gasteiger partial charge in [0, 0.05) is 18.8 Å². The molecule has 1 atom stereocenters. The molecule has 1 fully saturated rings. The Hall–Kier alpha value is -2.54. The van der Waals surface area contributed by atoms with Crippen molar-refractivity contribution >= 4 is 17.5 Å². The molecule has 126 valence electrons. The Balaban J connectivity index is 1.84. The molecule has 0 bridgehead atoms. The minimum absolute atomic E-state index is 0.0110. The molecule has 3 heterocycles. The summed E-state index contributed by atoms with van der Waals surface area (Å²) in [6, 6.07) is 7.59. The van der Waals surface area contributed by atoms with Crippen LogP contribution in [0.1, 0.15) is 30.4 Å². The highest BCUT2D eigenvalue weighted by molar-refractivity contribution is 5.79. The van der Waals surface area contributed by atoms with Gasteiger partial charge in [-0.1, -0.05) is 6.07 Å². The molecule has 1 aliphatic rings. The molecule has 0 radical (unpaired) electrons. The van der Waals surface area contributed by atoms with E-state index < -0.39 is 0 Å². The lowest BCUT2D eigenvalue weighted by atomic mass is 10.1. The first-order valence-corrected chi connectivity index (χ1v) is 8.15. The average molecular weight is 326 g/mol. The van der Waals surface area contributed by atoms with Crippen LogP contribution in [0.5, 0.6) is 0 Å². The van der Waals surface area contributed by atoms with Crippen LogP contribution in [0.4, 0.5) is 11.6 Å². The normalized spacial score (nSPS) is 17.1. The Morgan fingerprint density at radius 2 is 2.21 bits per heavy atom. The summed E-state index contributed by atoms with van der Waals surface area (Å²) in [6.07, 6.45) is 3.65. The molecule has 2 N–H and O–H groups in total. The quantitative estimate of drug-likeness (QED) is 0.872. The van der Waals surface area contributed by atoms with Gasteiger partial charge in [0.25, 0.3) is 0 Å². The van der Waals surface area contributed by atoms with Crippen molar-refractivity contribution in [2.45, 2.75) is 25.8 Å². The molecule has 3 rings (SSSR count). The third-order valence-electron chi connectivity index (χ3n) is 4.02. The summed E-state index contributed by atoms with van der Waals surface area (Å²) < 4.78 is 0. The first-order chi connectivity index (χ1) is 11.7. The number of aromatic nitrogens is 3. The van der Waals surface area contributed by atoms with Gasteiger partial charge in [0.05, 0.1) is 18.3 Å². The monoisotopic (exact) mass is 326 g/mol. The third-order valence-corrected chi connectivity index (χ3v) is 4.02. The lowest BCUT2D eigenvalue weighted by molar-refractivity contribution is -0.131. The van der Waals surface area contributed by atoms with Crippen LogP contribution in [0.2, 0.25) is 0 Å². The molecule has 7 heteroatoms. The van der Waals surface area contributed by atoms with E-state index in [0.29, 0.717) is 18.2 Å². The van der Waals surface area contributed by atoms with Crippen LogP contribution in [0, 0.1) is 6.92 Å². The lowest BCUT2D eigenvalue weighted by Gasteiger charge is -2.24. The molecule has 7 nitrogen and oxygen atoms in total. The van der Waals surface area contributed by atoms with Crippen LogP contribution in [0.15, 0.2) is 30.5 Å². The number of likely N-dealkylation sites (tertiary alicyclic amines) is 1. The van der Waals surface area contributed by atoms with E-state index >= 15 is 0 Å². The molecule has 0 saturated carbocycles. The van der Waals surface area contributed by atoms with E-state index in [2.05, 4.69) is 25.6 Å². The zero-order valence-corrected chi connectivity index (χ0v) is 14.0. The largest absolute Gasteiger partial charge is 0.333 e. The predicted octanol–water partition coefficient (Wildman–Crippen LogP) is 1.81. The van der Waals surface area contributed by atoms with E-state index in [9.17, 15) is 4.79 Å². The Bertz CT molecular complexity index is 705.